The van der Waals surface area contributed by atoms with E-state index in [9.17, 15) is 4.79 Å². The van der Waals surface area contributed by atoms with Gasteiger partial charge in [-0.25, -0.2) is 0 Å². The topological polar surface area (TPSA) is 50.4 Å². The summed E-state index contributed by atoms with van der Waals surface area (Å²) in [5.74, 6) is 0.326. The number of ketones is 1. The van der Waals surface area contributed by atoms with E-state index >= 15 is 0 Å². The van der Waals surface area contributed by atoms with Crippen LogP contribution in [0.5, 0.6) is 5.75 Å². The molecule has 1 fully saturated rings. The summed E-state index contributed by atoms with van der Waals surface area (Å²) in [6, 6.07) is 5.21. The monoisotopic (exact) mass is 296 g/mol. The Hall–Kier alpha value is -1.33. The molecular formula is C13H13ClN2O2S. The van der Waals surface area contributed by atoms with Gasteiger partial charge in [-0.3, -0.25) is 4.79 Å². The van der Waals surface area contributed by atoms with Gasteiger partial charge in [-0.05, 0) is 38.2 Å². The minimum absolute atomic E-state index is 0.0283. The number of halogens is 1. The average Bonchev–Trinajstić information content (AvgIpc) is 2.25. The van der Waals surface area contributed by atoms with Gasteiger partial charge in [-0.15, -0.1) is 0 Å². The van der Waals surface area contributed by atoms with Crippen LogP contribution in [0.3, 0.4) is 0 Å². The first-order valence-electron chi connectivity index (χ1n) is 5.99. The first-order valence-corrected chi connectivity index (χ1v) is 6.77. The van der Waals surface area contributed by atoms with Gasteiger partial charge >= 0.3 is 0 Å². The lowest BCUT2D eigenvalue weighted by atomic mass is 9.78. The minimum atomic E-state index is -0.837. The second-order valence-electron chi connectivity index (χ2n) is 5.03. The Bertz CT molecular complexity index is 592. The second kappa shape index (κ2) is 4.08. The molecule has 3 rings (SSSR count). The fourth-order valence-electron chi connectivity index (χ4n) is 2.97. The van der Waals surface area contributed by atoms with Gasteiger partial charge in [0.15, 0.2) is 10.8 Å². The van der Waals surface area contributed by atoms with Crippen LogP contribution in [-0.4, -0.2) is 16.6 Å². The normalized spacial score (nSPS) is 31.6. The van der Waals surface area contributed by atoms with E-state index in [1.165, 1.54) is 0 Å². The molecule has 3 atom stereocenters. The fraction of sp³-hybridized carbons (Fsp3) is 0.385. The number of ether oxygens (including phenoxy) is 1. The number of fused-ring (bicyclic) bond motifs is 4. The molecule has 2 aliphatic heterocycles. The number of Topliss-reactive ketones (excluding diaryl/α,β-unsaturated/α-hetero) is 1. The van der Waals surface area contributed by atoms with Gasteiger partial charge in [0.2, 0.25) is 0 Å². The van der Waals surface area contributed by atoms with E-state index in [1.807, 2.05) is 19.1 Å². The maximum absolute atomic E-state index is 12.0. The number of carbonyl (C=O) groups excluding carboxylic acids is 1. The van der Waals surface area contributed by atoms with Gasteiger partial charge in [-0.1, -0.05) is 17.7 Å². The minimum Gasteiger partial charge on any atom is -0.467 e. The smallest absolute Gasteiger partial charge is 0.191 e. The molecule has 100 valence electrons. The molecule has 0 amide bonds. The van der Waals surface area contributed by atoms with Gasteiger partial charge in [0.05, 0.1) is 6.04 Å². The summed E-state index contributed by atoms with van der Waals surface area (Å²) in [4.78, 5) is 12.0. The highest BCUT2D eigenvalue weighted by atomic mass is 35.5. The van der Waals surface area contributed by atoms with Crippen LogP contribution in [0.1, 0.15) is 25.5 Å². The molecule has 19 heavy (non-hydrogen) atoms. The zero-order chi connectivity index (χ0) is 13.8. The van der Waals surface area contributed by atoms with Crippen LogP contribution in [0.25, 0.3) is 0 Å². The molecule has 3 unspecified atom stereocenters. The Labute approximate surface area is 121 Å². The number of carbonyl (C=O) groups is 1. The molecule has 6 heteroatoms. The van der Waals surface area contributed by atoms with Crippen molar-refractivity contribution in [2.24, 2.45) is 5.92 Å². The average molecular weight is 297 g/mol. The molecule has 2 aliphatic rings. The maximum atomic E-state index is 12.0. The summed E-state index contributed by atoms with van der Waals surface area (Å²) in [5.41, 5.74) is -0.0399. The summed E-state index contributed by atoms with van der Waals surface area (Å²) in [6.45, 7) is 3.39. The number of benzene rings is 1. The first kappa shape index (κ1) is 12.7. The van der Waals surface area contributed by atoms with E-state index < -0.39 is 5.72 Å². The number of hydrogen-bond acceptors (Lipinski definition) is 3. The number of rotatable bonds is 1. The van der Waals surface area contributed by atoms with Gasteiger partial charge in [0, 0.05) is 10.6 Å². The predicted molar refractivity (Wildman–Crippen MR) is 76.3 cm³/mol. The molecule has 4 nitrogen and oxygen atoms in total. The summed E-state index contributed by atoms with van der Waals surface area (Å²) in [5, 5.41) is 7.23. The lowest BCUT2D eigenvalue weighted by Gasteiger charge is -2.50. The Morgan fingerprint density at radius 2 is 2.26 bits per heavy atom. The van der Waals surface area contributed by atoms with E-state index in [0.29, 0.717) is 15.9 Å². The number of nitrogens with one attached hydrogen (secondary N) is 2. The summed E-state index contributed by atoms with van der Waals surface area (Å²) >= 11 is 11.4. The standard InChI is InChI=1S/C13H13ClN2O2S/c1-6(17)10-11-9-7(14)4-3-5-8(9)18-13(10,2)16-12(19)15-11/h3-5,10-11H,1-2H3,(H2,15,16,19). The molecule has 0 spiro atoms. The Kier molecular flexibility index (Phi) is 2.73. The quantitative estimate of drug-likeness (QED) is 0.778. The molecular weight excluding hydrogens is 284 g/mol. The third-order valence-electron chi connectivity index (χ3n) is 3.66. The first-order chi connectivity index (χ1) is 8.92. The van der Waals surface area contributed by atoms with E-state index in [1.54, 1.807) is 13.0 Å². The van der Waals surface area contributed by atoms with Crippen molar-refractivity contribution in [3.63, 3.8) is 0 Å². The van der Waals surface area contributed by atoms with Crippen molar-refractivity contribution in [2.75, 3.05) is 0 Å². The van der Waals surface area contributed by atoms with Crippen molar-refractivity contribution in [1.29, 1.82) is 0 Å². The molecule has 0 radical (unpaired) electrons. The molecule has 2 N–H and O–H groups in total. The van der Waals surface area contributed by atoms with Crippen molar-refractivity contribution < 1.29 is 9.53 Å². The van der Waals surface area contributed by atoms with Crippen LogP contribution < -0.4 is 15.4 Å². The molecule has 0 aromatic heterocycles. The van der Waals surface area contributed by atoms with Crippen molar-refractivity contribution in [3.8, 4) is 5.75 Å². The number of thiocarbonyl (C=S) groups is 1. The van der Waals surface area contributed by atoms with Crippen molar-refractivity contribution in [1.82, 2.24) is 10.6 Å². The SMILES string of the molecule is CC(=O)C1C2NC(=S)NC1(C)Oc1cccc(Cl)c12. The maximum Gasteiger partial charge on any atom is 0.191 e. The molecule has 1 aromatic rings. The van der Waals surface area contributed by atoms with E-state index in [0.717, 1.165) is 5.56 Å². The predicted octanol–water partition coefficient (Wildman–Crippen LogP) is 2.17. The molecule has 0 aliphatic carbocycles. The highest BCUT2D eigenvalue weighted by Crippen LogP contribution is 2.47. The van der Waals surface area contributed by atoms with Crippen LogP contribution >= 0.6 is 23.8 Å². The Morgan fingerprint density at radius 3 is 2.95 bits per heavy atom. The third-order valence-corrected chi connectivity index (χ3v) is 4.21. The lowest BCUT2D eigenvalue weighted by Crippen LogP contribution is -2.69. The van der Waals surface area contributed by atoms with Crippen LogP contribution in [0.15, 0.2) is 18.2 Å². The van der Waals surface area contributed by atoms with Gasteiger partial charge in [-0.2, -0.15) is 0 Å². The van der Waals surface area contributed by atoms with Crippen LogP contribution in [0.2, 0.25) is 5.02 Å². The molecule has 0 saturated carbocycles. The number of hydrogen-bond donors (Lipinski definition) is 2. The van der Waals surface area contributed by atoms with Crippen molar-refractivity contribution >= 4 is 34.7 Å². The van der Waals surface area contributed by atoms with Crippen LogP contribution in [0.4, 0.5) is 0 Å². The van der Waals surface area contributed by atoms with Gasteiger partial charge in [0.25, 0.3) is 0 Å². The van der Waals surface area contributed by atoms with Crippen molar-refractivity contribution in [3.05, 3.63) is 28.8 Å². The Balaban J connectivity index is 2.22. The zero-order valence-electron chi connectivity index (χ0n) is 10.5. The van der Waals surface area contributed by atoms with E-state index in [4.69, 9.17) is 28.6 Å². The third kappa shape index (κ3) is 1.80. The van der Waals surface area contributed by atoms with Gasteiger partial charge < -0.3 is 15.4 Å². The fourth-order valence-corrected chi connectivity index (χ4v) is 3.58. The summed E-state index contributed by atoms with van der Waals surface area (Å²) < 4.78 is 5.97. The van der Waals surface area contributed by atoms with E-state index in [2.05, 4.69) is 10.6 Å². The van der Waals surface area contributed by atoms with E-state index in [-0.39, 0.29) is 17.7 Å². The highest BCUT2D eigenvalue weighted by molar-refractivity contribution is 7.80. The Morgan fingerprint density at radius 1 is 1.53 bits per heavy atom. The van der Waals surface area contributed by atoms with Crippen LogP contribution in [0, 0.1) is 5.92 Å². The summed E-state index contributed by atoms with van der Waals surface area (Å²) in [6.07, 6.45) is 0. The molecule has 2 heterocycles. The molecule has 1 aromatic carbocycles. The largest absolute Gasteiger partial charge is 0.467 e. The van der Waals surface area contributed by atoms with Crippen molar-refractivity contribution in [2.45, 2.75) is 25.6 Å². The van der Waals surface area contributed by atoms with Gasteiger partial charge in [0.1, 0.15) is 17.5 Å². The highest BCUT2D eigenvalue weighted by Gasteiger charge is 2.53. The second-order valence-corrected chi connectivity index (χ2v) is 5.84. The molecule has 1 saturated heterocycles. The zero-order valence-corrected chi connectivity index (χ0v) is 12.1. The lowest BCUT2D eigenvalue weighted by molar-refractivity contribution is -0.133. The molecule has 2 bridgehead atoms. The van der Waals surface area contributed by atoms with Crippen LogP contribution in [-0.2, 0) is 4.79 Å². The summed E-state index contributed by atoms with van der Waals surface area (Å²) in [7, 11) is 0.